The first-order valence-corrected chi connectivity index (χ1v) is 9.02. The quantitative estimate of drug-likeness (QED) is 0.604. The highest BCUT2D eigenvalue weighted by Gasteiger charge is 2.29. The Morgan fingerprint density at radius 2 is 1.93 bits per heavy atom. The number of nitro benzene ring substituents is 1. The average Bonchev–Trinajstić information content (AvgIpc) is 3.05. The zero-order chi connectivity index (χ0) is 18.8. The maximum absolute atomic E-state index is 11.0. The molecule has 0 amide bonds. The molecule has 0 saturated carbocycles. The Morgan fingerprint density at radius 3 is 2.70 bits per heavy atom. The summed E-state index contributed by atoms with van der Waals surface area (Å²) in [5.74, 6) is 1.51. The normalized spacial score (nSPS) is 18.6. The van der Waals surface area contributed by atoms with Gasteiger partial charge in [0.2, 0.25) is 0 Å². The Labute approximate surface area is 156 Å². The molecule has 2 aliphatic rings. The van der Waals surface area contributed by atoms with Crippen LogP contribution in [0.2, 0.25) is 0 Å². The third-order valence-electron chi connectivity index (χ3n) is 5.03. The van der Waals surface area contributed by atoms with Crippen molar-refractivity contribution in [3.63, 3.8) is 0 Å². The van der Waals surface area contributed by atoms with Gasteiger partial charge in [0, 0.05) is 25.1 Å². The lowest BCUT2D eigenvalue weighted by Crippen LogP contribution is -2.23. The molecular formula is C20H19N3O4. The van der Waals surface area contributed by atoms with Gasteiger partial charge in [-0.15, -0.1) is 0 Å². The number of benzene rings is 2. The van der Waals surface area contributed by atoms with Crippen LogP contribution in [0.15, 0.2) is 36.4 Å². The van der Waals surface area contributed by atoms with Crippen molar-refractivity contribution in [1.82, 2.24) is 0 Å². The van der Waals surface area contributed by atoms with E-state index in [9.17, 15) is 15.4 Å². The van der Waals surface area contributed by atoms with Crippen molar-refractivity contribution in [1.29, 1.82) is 5.26 Å². The van der Waals surface area contributed by atoms with Crippen molar-refractivity contribution >= 4 is 11.4 Å². The van der Waals surface area contributed by atoms with Gasteiger partial charge in [-0.3, -0.25) is 10.1 Å². The minimum absolute atomic E-state index is 0.0679. The zero-order valence-corrected chi connectivity index (χ0v) is 14.8. The molecule has 4 rings (SSSR count). The lowest BCUT2D eigenvalue weighted by Gasteiger charge is -2.28. The Hall–Kier alpha value is -3.27. The van der Waals surface area contributed by atoms with Gasteiger partial charge in [-0.25, -0.2) is 0 Å². The molecule has 2 heterocycles. The third-order valence-corrected chi connectivity index (χ3v) is 5.03. The SMILES string of the molecule is N#Cc1cc([N+](=O)[O-])ccc1N1CCC[C@@H]1c1ccc2c(c1)OCCCO2. The summed E-state index contributed by atoms with van der Waals surface area (Å²) in [6.45, 7) is 2.08. The van der Waals surface area contributed by atoms with Crippen molar-refractivity contribution < 1.29 is 14.4 Å². The average molecular weight is 365 g/mol. The van der Waals surface area contributed by atoms with E-state index < -0.39 is 4.92 Å². The second-order valence-electron chi connectivity index (χ2n) is 6.68. The standard InChI is InChI=1S/C20H19N3O4/c21-13-15-11-16(23(24)25)5-6-18(15)22-8-1-3-17(22)14-4-7-19-20(12-14)27-10-2-9-26-19/h4-7,11-12,17H,1-3,8-10H2/t17-/m1/s1. The van der Waals surface area contributed by atoms with Crippen LogP contribution in [0.5, 0.6) is 11.5 Å². The van der Waals surface area contributed by atoms with E-state index in [0.29, 0.717) is 18.8 Å². The number of ether oxygens (including phenoxy) is 2. The second-order valence-corrected chi connectivity index (χ2v) is 6.68. The monoisotopic (exact) mass is 365 g/mol. The van der Waals surface area contributed by atoms with Crippen LogP contribution in [0.1, 0.15) is 36.4 Å². The molecule has 138 valence electrons. The first-order chi connectivity index (χ1) is 13.2. The molecule has 0 radical (unpaired) electrons. The fraction of sp³-hybridized carbons (Fsp3) is 0.350. The maximum Gasteiger partial charge on any atom is 0.270 e. The Balaban J connectivity index is 1.68. The maximum atomic E-state index is 11.0. The molecule has 1 atom stereocenters. The largest absolute Gasteiger partial charge is 0.490 e. The molecule has 0 unspecified atom stereocenters. The number of rotatable bonds is 3. The minimum Gasteiger partial charge on any atom is -0.490 e. The highest BCUT2D eigenvalue weighted by molar-refractivity contribution is 5.64. The molecule has 2 aromatic rings. The predicted molar refractivity (Wildman–Crippen MR) is 99.2 cm³/mol. The summed E-state index contributed by atoms with van der Waals surface area (Å²) in [5.41, 5.74) is 2.09. The lowest BCUT2D eigenvalue weighted by atomic mass is 10.0. The van der Waals surface area contributed by atoms with Crippen LogP contribution in [-0.4, -0.2) is 24.7 Å². The van der Waals surface area contributed by atoms with Crippen LogP contribution in [-0.2, 0) is 0 Å². The Kier molecular flexibility index (Phi) is 4.55. The summed E-state index contributed by atoms with van der Waals surface area (Å²) in [6, 6.07) is 12.7. The summed E-state index contributed by atoms with van der Waals surface area (Å²) in [4.78, 5) is 12.7. The second kappa shape index (κ2) is 7.16. The van der Waals surface area contributed by atoms with Gasteiger partial charge < -0.3 is 14.4 Å². The van der Waals surface area contributed by atoms with Gasteiger partial charge in [-0.1, -0.05) is 6.07 Å². The molecule has 0 aromatic heterocycles. The smallest absolute Gasteiger partial charge is 0.270 e. The van der Waals surface area contributed by atoms with E-state index in [-0.39, 0.29) is 11.7 Å². The van der Waals surface area contributed by atoms with E-state index in [2.05, 4.69) is 11.0 Å². The van der Waals surface area contributed by atoms with E-state index in [1.165, 1.54) is 12.1 Å². The number of anilines is 1. The number of fused-ring (bicyclic) bond motifs is 1. The van der Waals surface area contributed by atoms with E-state index in [1.54, 1.807) is 6.07 Å². The predicted octanol–water partition coefficient (Wildman–Crippen LogP) is 3.97. The number of nitrogens with zero attached hydrogens (tertiary/aromatic N) is 3. The zero-order valence-electron chi connectivity index (χ0n) is 14.8. The van der Waals surface area contributed by atoms with E-state index >= 15 is 0 Å². The van der Waals surface area contributed by atoms with Crippen LogP contribution in [0, 0.1) is 21.4 Å². The van der Waals surface area contributed by atoms with Crippen LogP contribution < -0.4 is 14.4 Å². The first-order valence-electron chi connectivity index (χ1n) is 9.02. The molecule has 27 heavy (non-hydrogen) atoms. The highest BCUT2D eigenvalue weighted by atomic mass is 16.6. The number of hydrogen-bond acceptors (Lipinski definition) is 6. The highest BCUT2D eigenvalue weighted by Crippen LogP contribution is 2.41. The van der Waals surface area contributed by atoms with E-state index in [4.69, 9.17) is 9.47 Å². The van der Waals surface area contributed by atoms with Crippen molar-refractivity contribution in [3.05, 3.63) is 57.6 Å². The van der Waals surface area contributed by atoms with Crippen molar-refractivity contribution in [2.45, 2.75) is 25.3 Å². The van der Waals surface area contributed by atoms with Crippen molar-refractivity contribution in [2.75, 3.05) is 24.7 Å². The van der Waals surface area contributed by atoms with Crippen molar-refractivity contribution in [2.24, 2.45) is 0 Å². The van der Waals surface area contributed by atoms with Gasteiger partial charge in [0.15, 0.2) is 11.5 Å². The molecule has 2 aliphatic heterocycles. The lowest BCUT2D eigenvalue weighted by molar-refractivity contribution is -0.384. The molecule has 7 heteroatoms. The first kappa shape index (κ1) is 17.2. The summed E-state index contributed by atoms with van der Waals surface area (Å²) in [7, 11) is 0. The Bertz CT molecular complexity index is 922. The molecular weight excluding hydrogens is 346 g/mol. The van der Waals surface area contributed by atoms with Gasteiger partial charge in [-0.2, -0.15) is 5.26 Å². The van der Waals surface area contributed by atoms with Gasteiger partial charge in [0.1, 0.15) is 6.07 Å². The number of hydrogen-bond donors (Lipinski definition) is 0. The topological polar surface area (TPSA) is 88.6 Å². The van der Waals surface area contributed by atoms with Crippen molar-refractivity contribution in [3.8, 4) is 17.6 Å². The number of non-ortho nitro benzene ring substituents is 1. The van der Waals surface area contributed by atoms with Crippen LogP contribution in [0.4, 0.5) is 11.4 Å². The number of nitriles is 1. The van der Waals surface area contributed by atoms with Crippen LogP contribution >= 0.6 is 0 Å². The molecule has 1 fully saturated rings. The molecule has 0 N–H and O–H groups in total. The fourth-order valence-corrected chi connectivity index (χ4v) is 3.77. The van der Waals surface area contributed by atoms with Gasteiger partial charge in [0.05, 0.1) is 35.4 Å². The van der Waals surface area contributed by atoms with E-state index in [1.807, 2.05) is 18.2 Å². The minimum atomic E-state index is -0.476. The summed E-state index contributed by atoms with van der Waals surface area (Å²) in [5, 5.41) is 20.5. The summed E-state index contributed by atoms with van der Waals surface area (Å²) >= 11 is 0. The van der Waals surface area contributed by atoms with Gasteiger partial charge in [-0.05, 0) is 36.6 Å². The fourth-order valence-electron chi connectivity index (χ4n) is 3.77. The molecule has 0 spiro atoms. The van der Waals surface area contributed by atoms with E-state index in [0.717, 1.165) is 48.6 Å². The summed E-state index contributed by atoms with van der Waals surface area (Å²) in [6.07, 6.45) is 2.79. The van der Waals surface area contributed by atoms with Gasteiger partial charge >= 0.3 is 0 Å². The molecule has 7 nitrogen and oxygen atoms in total. The number of nitro groups is 1. The summed E-state index contributed by atoms with van der Waals surface area (Å²) < 4.78 is 11.5. The third kappa shape index (κ3) is 3.26. The van der Waals surface area contributed by atoms with Gasteiger partial charge in [0.25, 0.3) is 5.69 Å². The molecule has 0 aliphatic carbocycles. The molecule has 2 aromatic carbocycles. The van der Waals surface area contributed by atoms with Crippen LogP contribution in [0.25, 0.3) is 0 Å². The Morgan fingerprint density at radius 1 is 1.11 bits per heavy atom. The molecule has 0 bridgehead atoms. The molecule has 1 saturated heterocycles. The van der Waals surface area contributed by atoms with Crippen LogP contribution in [0.3, 0.4) is 0 Å².